The van der Waals surface area contributed by atoms with E-state index in [1.54, 1.807) is 0 Å². The molecular weight excluding hydrogens is 196 g/mol. The van der Waals surface area contributed by atoms with E-state index in [2.05, 4.69) is 6.92 Å². The summed E-state index contributed by atoms with van der Waals surface area (Å²) in [7, 11) is 0. The average Bonchev–Trinajstić information content (AvgIpc) is 2.14. The maximum Gasteiger partial charge on any atom is 0.0796 e. The molecule has 1 aliphatic carbocycles. The number of aliphatic hydroxyl groups is 1. The fraction of sp³-hybridized carbons (Fsp3) is 0.500. The molecular formula is C12H15ClO. The van der Waals surface area contributed by atoms with Crippen LogP contribution < -0.4 is 0 Å². The molecule has 1 nitrogen and oxygen atoms in total. The van der Waals surface area contributed by atoms with Crippen LogP contribution in [-0.4, -0.2) is 5.11 Å². The Balaban J connectivity index is 2.67. The molecule has 1 aromatic carbocycles. The largest absolute Gasteiger partial charge is 0.388 e. The van der Waals surface area contributed by atoms with E-state index < -0.39 is 0 Å². The Morgan fingerprint density at radius 3 is 2.86 bits per heavy atom. The minimum atomic E-state index is -0.309. The second-order valence-electron chi connectivity index (χ2n) is 4.10. The third-order valence-electron chi connectivity index (χ3n) is 3.19. The molecule has 76 valence electrons. The van der Waals surface area contributed by atoms with Crippen LogP contribution in [0.15, 0.2) is 6.07 Å². The lowest BCUT2D eigenvalue weighted by atomic mass is 9.85. The topological polar surface area (TPSA) is 20.2 Å². The summed E-state index contributed by atoms with van der Waals surface area (Å²) < 4.78 is 0. The van der Waals surface area contributed by atoms with Gasteiger partial charge in [-0.2, -0.15) is 0 Å². The van der Waals surface area contributed by atoms with Crippen molar-refractivity contribution >= 4 is 11.6 Å². The van der Waals surface area contributed by atoms with Gasteiger partial charge < -0.3 is 5.11 Å². The van der Waals surface area contributed by atoms with E-state index in [1.807, 2.05) is 13.0 Å². The number of benzene rings is 1. The molecule has 0 fully saturated rings. The molecule has 0 bridgehead atoms. The lowest BCUT2D eigenvalue weighted by molar-refractivity contribution is 0.156. The third kappa shape index (κ3) is 1.45. The number of hydrogen-bond donors (Lipinski definition) is 1. The molecule has 2 heteroatoms. The highest BCUT2D eigenvalue weighted by Crippen LogP contribution is 2.37. The van der Waals surface area contributed by atoms with E-state index in [1.165, 1.54) is 11.1 Å². The second kappa shape index (κ2) is 3.56. The summed E-state index contributed by atoms with van der Waals surface area (Å²) in [4.78, 5) is 0. The van der Waals surface area contributed by atoms with Gasteiger partial charge in [-0.1, -0.05) is 11.6 Å². The van der Waals surface area contributed by atoms with Crippen molar-refractivity contribution in [2.24, 2.45) is 0 Å². The molecule has 0 spiro atoms. The number of rotatable bonds is 0. The number of halogens is 1. The van der Waals surface area contributed by atoms with Gasteiger partial charge in [-0.15, -0.1) is 0 Å². The normalized spacial score (nSPS) is 20.7. The minimum Gasteiger partial charge on any atom is -0.388 e. The van der Waals surface area contributed by atoms with Crippen LogP contribution in [0.25, 0.3) is 0 Å². The zero-order valence-corrected chi connectivity index (χ0v) is 9.36. The molecule has 0 amide bonds. The quantitative estimate of drug-likeness (QED) is 0.697. The molecule has 1 aliphatic rings. The van der Waals surface area contributed by atoms with Crippen LogP contribution >= 0.6 is 11.6 Å². The van der Waals surface area contributed by atoms with Gasteiger partial charge in [-0.25, -0.2) is 0 Å². The van der Waals surface area contributed by atoms with Gasteiger partial charge in [0.1, 0.15) is 0 Å². The van der Waals surface area contributed by atoms with E-state index in [4.69, 9.17) is 11.6 Å². The number of aliphatic hydroxyl groups excluding tert-OH is 1. The van der Waals surface area contributed by atoms with E-state index in [0.29, 0.717) is 0 Å². The first kappa shape index (κ1) is 10.0. The smallest absolute Gasteiger partial charge is 0.0796 e. The summed E-state index contributed by atoms with van der Waals surface area (Å²) >= 11 is 6.17. The van der Waals surface area contributed by atoms with E-state index >= 15 is 0 Å². The molecule has 0 saturated carbocycles. The summed E-state index contributed by atoms with van der Waals surface area (Å²) in [6, 6.07) is 2.01. The van der Waals surface area contributed by atoms with E-state index in [-0.39, 0.29) is 6.10 Å². The first-order chi connectivity index (χ1) is 6.61. The highest BCUT2D eigenvalue weighted by molar-refractivity contribution is 6.31. The summed E-state index contributed by atoms with van der Waals surface area (Å²) in [6.07, 6.45) is 2.60. The van der Waals surface area contributed by atoms with Crippen LogP contribution in [0, 0.1) is 13.8 Å². The van der Waals surface area contributed by atoms with Crippen molar-refractivity contribution < 1.29 is 5.11 Å². The van der Waals surface area contributed by atoms with Crippen molar-refractivity contribution in [2.75, 3.05) is 0 Å². The van der Waals surface area contributed by atoms with E-state index in [0.717, 1.165) is 35.4 Å². The summed E-state index contributed by atoms with van der Waals surface area (Å²) in [5.41, 5.74) is 4.63. The first-order valence-corrected chi connectivity index (χ1v) is 5.45. The van der Waals surface area contributed by atoms with Crippen LogP contribution in [0.1, 0.15) is 41.2 Å². The van der Waals surface area contributed by atoms with Gasteiger partial charge in [0.25, 0.3) is 0 Å². The first-order valence-electron chi connectivity index (χ1n) is 5.08. The highest BCUT2D eigenvalue weighted by Gasteiger charge is 2.22. The second-order valence-corrected chi connectivity index (χ2v) is 4.51. The third-order valence-corrected chi connectivity index (χ3v) is 3.53. The molecule has 14 heavy (non-hydrogen) atoms. The number of fused-ring (bicyclic) bond motifs is 1. The predicted molar refractivity (Wildman–Crippen MR) is 58.8 cm³/mol. The van der Waals surface area contributed by atoms with Crippen molar-refractivity contribution in [3.63, 3.8) is 0 Å². The highest BCUT2D eigenvalue weighted by atomic mass is 35.5. The Hall–Kier alpha value is -0.530. The molecule has 1 atom stereocenters. The van der Waals surface area contributed by atoms with E-state index in [9.17, 15) is 5.11 Å². The van der Waals surface area contributed by atoms with Crippen molar-refractivity contribution in [1.29, 1.82) is 0 Å². The molecule has 0 radical (unpaired) electrons. The fourth-order valence-corrected chi connectivity index (χ4v) is 2.63. The van der Waals surface area contributed by atoms with Crippen molar-refractivity contribution in [3.05, 3.63) is 33.3 Å². The molecule has 2 rings (SSSR count). The monoisotopic (exact) mass is 210 g/mol. The molecule has 0 aliphatic heterocycles. The molecule has 0 heterocycles. The number of aryl methyl sites for hydroxylation is 1. The van der Waals surface area contributed by atoms with Crippen LogP contribution in [0.4, 0.5) is 0 Å². The molecule has 0 saturated heterocycles. The van der Waals surface area contributed by atoms with Crippen molar-refractivity contribution in [2.45, 2.75) is 39.2 Å². The van der Waals surface area contributed by atoms with Crippen LogP contribution in [0.3, 0.4) is 0 Å². The van der Waals surface area contributed by atoms with Gasteiger partial charge in [-0.3, -0.25) is 0 Å². The van der Waals surface area contributed by atoms with Crippen molar-refractivity contribution in [1.82, 2.24) is 0 Å². The summed E-state index contributed by atoms with van der Waals surface area (Å²) in [5, 5.41) is 10.8. The van der Waals surface area contributed by atoms with Gasteiger partial charge in [0, 0.05) is 5.02 Å². The van der Waals surface area contributed by atoms with Gasteiger partial charge in [0.15, 0.2) is 0 Å². The molecule has 1 N–H and O–H groups in total. The Morgan fingerprint density at radius 2 is 2.14 bits per heavy atom. The Labute approximate surface area is 89.7 Å². The average molecular weight is 211 g/mol. The molecule has 0 aromatic heterocycles. The lowest BCUT2D eigenvalue weighted by Crippen LogP contribution is -2.12. The van der Waals surface area contributed by atoms with Gasteiger partial charge in [0.05, 0.1) is 6.10 Å². The number of hydrogen-bond acceptors (Lipinski definition) is 1. The maximum absolute atomic E-state index is 9.93. The summed E-state index contributed by atoms with van der Waals surface area (Å²) in [6.45, 7) is 4.11. The minimum absolute atomic E-state index is 0.309. The standard InChI is InChI=1S/C12H15ClO/c1-7-6-10(13)9-4-3-5-11(14)12(9)8(7)2/h6,11,14H,3-5H2,1-2H3. The molecule has 1 unspecified atom stereocenters. The molecule has 1 aromatic rings. The van der Waals surface area contributed by atoms with Crippen molar-refractivity contribution in [3.8, 4) is 0 Å². The zero-order chi connectivity index (χ0) is 10.3. The summed E-state index contributed by atoms with van der Waals surface area (Å²) in [5.74, 6) is 0. The SMILES string of the molecule is Cc1cc(Cl)c2c(c1C)C(O)CCC2. The maximum atomic E-state index is 9.93. The van der Waals surface area contributed by atoms with Gasteiger partial charge >= 0.3 is 0 Å². The zero-order valence-electron chi connectivity index (χ0n) is 8.60. The van der Waals surface area contributed by atoms with Gasteiger partial charge in [0.2, 0.25) is 0 Å². The Morgan fingerprint density at radius 1 is 1.43 bits per heavy atom. The lowest BCUT2D eigenvalue weighted by Gasteiger charge is -2.25. The van der Waals surface area contributed by atoms with Gasteiger partial charge in [-0.05, 0) is 61.4 Å². The van der Waals surface area contributed by atoms with Crippen LogP contribution in [-0.2, 0) is 6.42 Å². The van der Waals surface area contributed by atoms with Crippen LogP contribution in [0.2, 0.25) is 5.02 Å². The Bertz CT molecular complexity index is 371. The Kier molecular flexibility index (Phi) is 2.54. The predicted octanol–water partition coefficient (Wildman–Crippen LogP) is 3.33. The van der Waals surface area contributed by atoms with Crippen LogP contribution in [0.5, 0.6) is 0 Å². The fourth-order valence-electron chi connectivity index (χ4n) is 2.27.